The molecule has 1 amide bonds. The molecule has 1 N–H and O–H groups in total. The lowest BCUT2D eigenvalue weighted by molar-refractivity contribution is -0.111. The van der Waals surface area contributed by atoms with Gasteiger partial charge in [-0.15, -0.1) is 0 Å². The molecule has 1 heterocycles. The SMILES string of the molecule is O=C(/C=C/c1ccc(-c2ccc(Cl)cc2Cl)o1)Nc1ccc(Cl)cc1C(=O)c1ccccc1. The average molecular weight is 497 g/mol. The topological polar surface area (TPSA) is 59.3 Å². The minimum absolute atomic E-state index is 0.243. The fourth-order valence-electron chi connectivity index (χ4n) is 3.17. The number of rotatable bonds is 6. The molecule has 164 valence electrons. The fraction of sp³-hybridized carbons (Fsp3) is 0. The third-order valence-electron chi connectivity index (χ3n) is 4.74. The highest BCUT2D eigenvalue weighted by atomic mass is 35.5. The van der Waals surface area contributed by atoms with Crippen LogP contribution in [0.2, 0.25) is 15.1 Å². The highest BCUT2D eigenvalue weighted by Gasteiger charge is 2.15. The molecule has 0 aliphatic heterocycles. The van der Waals surface area contributed by atoms with Gasteiger partial charge in [-0.2, -0.15) is 0 Å². The van der Waals surface area contributed by atoms with Crippen LogP contribution in [0.4, 0.5) is 5.69 Å². The van der Waals surface area contributed by atoms with Gasteiger partial charge in [0.15, 0.2) is 5.78 Å². The Hall–Kier alpha value is -3.31. The molecule has 0 bridgehead atoms. The zero-order valence-corrected chi connectivity index (χ0v) is 19.3. The normalized spacial score (nSPS) is 11.0. The molecule has 1 aromatic heterocycles. The summed E-state index contributed by atoms with van der Waals surface area (Å²) in [5.41, 5.74) is 1.84. The Kier molecular flexibility index (Phi) is 6.99. The first-order chi connectivity index (χ1) is 15.9. The van der Waals surface area contributed by atoms with Crippen LogP contribution in [0.15, 0.2) is 89.4 Å². The number of ketones is 1. The van der Waals surface area contributed by atoms with Crippen LogP contribution in [0.3, 0.4) is 0 Å². The van der Waals surface area contributed by atoms with Crippen molar-refractivity contribution < 1.29 is 14.0 Å². The molecule has 0 spiro atoms. The van der Waals surface area contributed by atoms with Crippen molar-refractivity contribution >= 4 is 58.3 Å². The second kappa shape index (κ2) is 10.1. The molecule has 0 aliphatic rings. The largest absolute Gasteiger partial charge is 0.457 e. The van der Waals surface area contributed by atoms with E-state index in [4.69, 9.17) is 39.2 Å². The third-order valence-corrected chi connectivity index (χ3v) is 5.53. The standard InChI is InChI=1S/C26H16Cl3NO3/c27-17-7-11-23(21(14-17)26(32)16-4-2-1-3-5-16)30-25(31)13-9-19-8-12-24(33-19)20-10-6-18(28)15-22(20)29/h1-15H,(H,30,31)/b13-9+. The molecule has 3 aromatic carbocycles. The zero-order valence-electron chi connectivity index (χ0n) is 17.0. The van der Waals surface area contributed by atoms with Crippen molar-refractivity contribution in [3.8, 4) is 11.3 Å². The van der Waals surface area contributed by atoms with Gasteiger partial charge < -0.3 is 9.73 Å². The fourth-order valence-corrected chi connectivity index (χ4v) is 3.84. The van der Waals surface area contributed by atoms with Crippen LogP contribution >= 0.6 is 34.8 Å². The second-order valence-corrected chi connectivity index (χ2v) is 8.31. The van der Waals surface area contributed by atoms with Crippen LogP contribution < -0.4 is 5.32 Å². The highest BCUT2D eigenvalue weighted by molar-refractivity contribution is 6.36. The van der Waals surface area contributed by atoms with Crippen LogP contribution in [-0.4, -0.2) is 11.7 Å². The summed E-state index contributed by atoms with van der Waals surface area (Å²) in [4.78, 5) is 25.4. The van der Waals surface area contributed by atoms with Gasteiger partial charge in [-0.3, -0.25) is 9.59 Å². The maximum atomic E-state index is 12.9. The Bertz CT molecular complexity index is 1360. The van der Waals surface area contributed by atoms with Crippen molar-refractivity contribution in [1.82, 2.24) is 0 Å². The van der Waals surface area contributed by atoms with E-state index in [-0.39, 0.29) is 5.78 Å². The third kappa shape index (κ3) is 5.55. The number of furan rings is 1. The summed E-state index contributed by atoms with van der Waals surface area (Å²) in [7, 11) is 0. The van der Waals surface area contributed by atoms with Gasteiger partial charge in [0.1, 0.15) is 11.5 Å². The van der Waals surface area contributed by atoms with Gasteiger partial charge in [0.05, 0.1) is 10.7 Å². The number of nitrogens with one attached hydrogen (secondary N) is 1. The Morgan fingerprint density at radius 3 is 2.30 bits per heavy atom. The summed E-state index contributed by atoms with van der Waals surface area (Å²) in [5, 5.41) is 4.11. The molecular formula is C26H16Cl3NO3. The smallest absolute Gasteiger partial charge is 0.248 e. The minimum atomic E-state index is -0.429. The summed E-state index contributed by atoms with van der Waals surface area (Å²) in [5.74, 6) is 0.336. The molecule has 0 atom stereocenters. The van der Waals surface area contributed by atoms with E-state index in [2.05, 4.69) is 5.32 Å². The number of hydrogen-bond donors (Lipinski definition) is 1. The van der Waals surface area contributed by atoms with E-state index < -0.39 is 5.91 Å². The quantitative estimate of drug-likeness (QED) is 0.219. The Balaban J connectivity index is 1.51. The Morgan fingerprint density at radius 2 is 1.55 bits per heavy atom. The van der Waals surface area contributed by atoms with E-state index in [1.54, 1.807) is 66.7 Å². The molecule has 4 aromatic rings. The maximum absolute atomic E-state index is 12.9. The highest BCUT2D eigenvalue weighted by Crippen LogP contribution is 2.32. The van der Waals surface area contributed by atoms with Crippen LogP contribution in [0, 0.1) is 0 Å². The zero-order chi connectivity index (χ0) is 23.4. The van der Waals surface area contributed by atoms with E-state index in [0.29, 0.717) is 49.0 Å². The molecular weight excluding hydrogens is 481 g/mol. The first-order valence-corrected chi connectivity index (χ1v) is 11.0. The van der Waals surface area contributed by atoms with E-state index in [1.807, 2.05) is 6.07 Å². The lowest BCUT2D eigenvalue weighted by Crippen LogP contribution is -2.12. The molecule has 0 saturated carbocycles. The lowest BCUT2D eigenvalue weighted by Gasteiger charge is -2.10. The lowest BCUT2D eigenvalue weighted by atomic mass is 10.0. The van der Waals surface area contributed by atoms with E-state index in [9.17, 15) is 9.59 Å². The van der Waals surface area contributed by atoms with Crippen molar-refractivity contribution in [2.24, 2.45) is 0 Å². The number of carbonyl (C=O) groups is 2. The summed E-state index contributed by atoms with van der Waals surface area (Å²) in [6, 6.07) is 22.1. The van der Waals surface area contributed by atoms with Crippen molar-refractivity contribution in [3.05, 3.63) is 117 Å². The molecule has 0 aliphatic carbocycles. The monoisotopic (exact) mass is 495 g/mol. The molecule has 7 heteroatoms. The first kappa shape index (κ1) is 22.9. The van der Waals surface area contributed by atoms with Gasteiger partial charge in [0.25, 0.3) is 0 Å². The van der Waals surface area contributed by atoms with Gasteiger partial charge in [-0.05, 0) is 54.6 Å². The van der Waals surface area contributed by atoms with Crippen molar-refractivity contribution in [2.75, 3.05) is 5.32 Å². The summed E-state index contributed by atoms with van der Waals surface area (Å²) < 4.78 is 5.76. The van der Waals surface area contributed by atoms with Crippen molar-refractivity contribution in [1.29, 1.82) is 0 Å². The summed E-state index contributed by atoms with van der Waals surface area (Å²) in [6.07, 6.45) is 2.84. The second-order valence-electron chi connectivity index (χ2n) is 7.03. The molecule has 0 saturated heterocycles. The maximum Gasteiger partial charge on any atom is 0.248 e. The van der Waals surface area contributed by atoms with E-state index >= 15 is 0 Å². The van der Waals surface area contributed by atoms with Crippen LogP contribution in [0.25, 0.3) is 17.4 Å². The van der Waals surface area contributed by atoms with E-state index in [1.165, 1.54) is 18.2 Å². The van der Waals surface area contributed by atoms with Gasteiger partial charge in [0.2, 0.25) is 5.91 Å². The van der Waals surface area contributed by atoms with Crippen LogP contribution in [0.5, 0.6) is 0 Å². The van der Waals surface area contributed by atoms with Gasteiger partial charge in [-0.25, -0.2) is 0 Å². The molecule has 4 nitrogen and oxygen atoms in total. The molecule has 0 radical (unpaired) electrons. The van der Waals surface area contributed by atoms with Gasteiger partial charge in [-0.1, -0.05) is 65.1 Å². The van der Waals surface area contributed by atoms with Gasteiger partial charge in [0, 0.05) is 32.8 Å². The predicted octanol–water partition coefficient (Wildman–Crippen LogP) is 7.79. The number of benzene rings is 3. The Labute approximate surface area is 205 Å². The number of carbonyl (C=O) groups excluding carboxylic acids is 2. The summed E-state index contributed by atoms with van der Waals surface area (Å²) in [6.45, 7) is 0. The van der Waals surface area contributed by atoms with E-state index in [0.717, 1.165) is 0 Å². The molecule has 0 unspecified atom stereocenters. The summed E-state index contributed by atoms with van der Waals surface area (Å²) >= 11 is 18.2. The molecule has 0 fully saturated rings. The number of hydrogen-bond acceptors (Lipinski definition) is 3. The first-order valence-electron chi connectivity index (χ1n) is 9.84. The van der Waals surface area contributed by atoms with Crippen molar-refractivity contribution in [3.63, 3.8) is 0 Å². The van der Waals surface area contributed by atoms with Gasteiger partial charge >= 0.3 is 0 Å². The molecule has 33 heavy (non-hydrogen) atoms. The van der Waals surface area contributed by atoms with Crippen LogP contribution in [0.1, 0.15) is 21.7 Å². The Morgan fingerprint density at radius 1 is 0.818 bits per heavy atom. The van der Waals surface area contributed by atoms with Crippen LogP contribution in [-0.2, 0) is 4.79 Å². The minimum Gasteiger partial charge on any atom is -0.457 e. The number of anilines is 1. The number of halogens is 3. The number of amides is 1. The van der Waals surface area contributed by atoms with Crippen molar-refractivity contribution in [2.45, 2.75) is 0 Å². The predicted molar refractivity (Wildman–Crippen MR) is 133 cm³/mol. The molecule has 4 rings (SSSR count). The average Bonchev–Trinajstić information content (AvgIpc) is 3.28.